The second-order valence-corrected chi connectivity index (χ2v) is 9.80. The molecule has 1 aliphatic heterocycles. The number of nitrogens with zero attached hydrogens (tertiary/aromatic N) is 1. The van der Waals surface area contributed by atoms with Gasteiger partial charge in [-0.1, -0.05) is 17.7 Å². The summed E-state index contributed by atoms with van der Waals surface area (Å²) in [6, 6.07) is 11.9. The molecule has 0 bridgehead atoms. The monoisotopic (exact) mass is 473 g/mol. The molecule has 1 aliphatic rings. The molecule has 0 aromatic heterocycles. The Morgan fingerprint density at radius 3 is 2.15 bits per heavy atom. The van der Waals surface area contributed by atoms with Crippen molar-refractivity contribution in [2.75, 3.05) is 17.2 Å². The quantitative estimate of drug-likeness (QED) is 0.596. The van der Waals surface area contributed by atoms with Gasteiger partial charge in [-0.2, -0.15) is 4.31 Å². The molecule has 9 nitrogen and oxygen atoms in total. The zero-order valence-corrected chi connectivity index (χ0v) is 19.5. The lowest BCUT2D eigenvalue weighted by atomic mass is 10.2. The molecule has 3 rings (SSSR count). The fourth-order valence-electron chi connectivity index (χ4n) is 3.50. The van der Waals surface area contributed by atoms with E-state index in [4.69, 9.17) is 4.74 Å². The molecule has 2 N–H and O–H groups in total. The molecule has 33 heavy (non-hydrogen) atoms. The first-order chi connectivity index (χ1) is 15.6. The van der Waals surface area contributed by atoms with Crippen LogP contribution in [-0.2, 0) is 29.1 Å². The van der Waals surface area contributed by atoms with E-state index in [9.17, 15) is 22.8 Å². The van der Waals surface area contributed by atoms with Crippen LogP contribution in [0.1, 0.15) is 32.3 Å². The Labute approximate surface area is 193 Å². The second-order valence-electron chi connectivity index (χ2n) is 7.91. The van der Waals surface area contributed by atoms with Gasteiger partial charge in [0.2, 0.25) is 15.9 Å². The summed E-state index contributed by atoms with van der Waals surface area (Å²) in [4.78, 5) is 36.4. The lowest BCUT2D eigenvalue weighted by Gasteiger charge is -2.24. The highest BCUT2D eigenvalue weighted by Gasteiger charge is 2.41. The van der Waals surface area contributed by atoms with Gasteiger partial charge >= 0.3 is 5.97 Å². The molecular formula is C23H27N3O6S. The highest BCUT2D eigenvalue weighted by atomic mass is 32.2. The fourth-order valence-corrected chi connectivity index (χ4v) is 5.15. The van der Waals surface area contributed by atoms with Crippen molar-refractivity contribution in [3.63, 3.8) is 0 Å². The van der Waals surface area contributed by atoms with E-state index in [1.807, 2.05) is 6.92 Å². The molecule has 0 unspecified atom stereocenters. The minimum Gasteiger partial charge on any atom is -0.451 e. The maximum absolute atomic E-state index is 13.0. The number of hydrogen-bond acceptors (Lipinski definition) is 6. The van der Waals surface area contributed by atoms with Crippen LogP contribution in [0.3, 0.4) is 0 Å². The van der Waals surface area contributed by atoms with Crippen LogP contribution in [0.25, 0.3) is 0 Å². The zero-order valence-electron chi connectivity index (χ0n) is 18.7. The molecule has 2 amide bonds. The van der Waals surface area contributed by atoms with Crippen LogP contribution in [0, 0.1) is 6.92 Å². The maximum Gasteiger partial charge on any atom is 0.325 e. The summed E-state index contributed by atoms with van der Waals surface area (Å²) in [5.74, 6) is -1.52. The molecule has 10 heteroatoms. The van der Waals surface area contributed by atoms with Gasteiger partial charge in [0.1, 0.15) is 6.04 Å². The van der Waals surface area contributed by atoms with E-state index in [2.05, 4.69) is 10.6 Å². The first kappa shape index (κ1) is 24.4. The summed E-state index contributed by atoms with van der Waals surface area (Å²) in [6.07, 6.45) is -0.286. The van der Waals surface area contributed by atoms with E-state index in [0.717, 1.165) is 9.87 Å². The average Bonchev–Trinajstić information content (AvgIpc) is 3.26. The Hall–Kier alpha value is -3.24. The molecule has 0 radical (unpaired) electrons. The van der Waals surface area contributed by atoms with Crippen molar-refractivity contribution in [3.05, 3.63) is 54.1 Å². The van der Waals surface area contributed by atoms with Crippen molar-refractivity contribution < 1.29 is 27.5 Å². The van der Waals surface area contributed by atoms with Gasteiger partial charge in [-0.25, -0.2) is 8.42 Å². The third-order valence-electron chi connectivity index (χ3n) is 5.24. The number of anilines is 2. The van der Waals surface area contributed by atoms with Crippen molar-refractivity contribution in [1.82, 2.24) is 4.31 Å². The van der Waals surface area contributed by atoms with Crippen LogP contribution in [0.4, 0.5) is 11.4 Å². The third-order valence-corrected chi connectivity index (χ3v) is 7.16. The van der Waals surface area contributed by atoms with Gasteiger partial charge in [-0.3, -0.25) is 14.4 Å². The normalized spacial score (nSPS) is 17.2. The highest BCUT2D eigenvalue weighted by Crippen LogP contribution is 2.27. The van der Waals surface area contributed by atoms with E-state index in [1.54, 1.807) is 36.4 Å². The number of nitrogens with one attached hydrogen (secondary N) is 2. The van der Waals surface area contributed by atoms with Crippen molar-refractivity contribution >= 4 is 39.2 Å². The van der Waals surface area contributed by atoms with Crippen molar-refractivity contribution in [1.29, 1.82) is 0 Å². The molecule has 176 valence electrons. The number of rotatable bonds is 7. The molecule has 0 saturated carbocycles. The number of sulfonamides is 1. The van der Waals surface area contributed by atoms with E-state index in [-0.39, 0.29) is 17.3 Å². The Morgan fingerprint density at radius 2 is 1.58 bits per heavy atom. The predicted molar refractivity (Wildman–Crippen MR) is 123 cm³/mol. The van der Waals surface area contributed by atoms with E-state index >= 15 is 0 Å². The largest absolute Gasteiger partial charge is 0.451 e. The molecule has 1 saturated heterocycles. The van der Waals surface area contributed by atoms with Gasteiger partial charge < -0.3 is 15.4 Å². The summed E-state index contributed by atoms with van der Waals surface area (Å²) in [7, 11) is -3.87. The summed E-state index contributed by atoms with van der Waals surface area (Å²) in [6.45, 7) is 4.88. The molecule has 0 spiro atoms. The number of carbonyl (C=O) groups is 3. The average molecular weight is 474 g/mol. The maximum atomic E-state index is 13.0. The number of hydrogen-bond donors (Lipinski definition) is 2. The number of ether oxygens (including phenoxy) is 1. The fraction of sp³-hybridized carbons (Fsp3) is 0.348. The lowest BCUT2D eigenvalue weighted by Crippen LogP contribution is -2.43. The van der Waals surface area contributed by atoms with Gasteiger partial charge in [-0.05, 0) is 63.1 Å². The van der Waals surface area contributed by atoms with E-state index in [0.29, 0.717) is 24.2 Å². The van der Waals surface area contributed by atoms with Crippen LogP contribution in [0.2, 0.25) is 0 Å². The standard InChI is InChI=1S/C23H27N3O6S/c1-15-6-12-20(13-7-15)33(30,31)26-14-4-5-21(26)23(29)32-16(2)22(28)25-19-10-8-18(9-11-19)24-17(3)27/h6-13,16,21H,4-5,14H2,1-3H3,(H,24,27)(H,25,28)/t16-,21-/m0/s1. The topological polar surface area (TPSA) is 122 Å². The first-order valence-electron chi connectivity index (χ1n) is 10.6. The highest BCUT2D eigenvalue weighted by molar-refractivity contribution is 7.89. The van der Waals surface area contributed by atoms with Crippen LogP contribution < -0.4 is 10.6 Å². The first-order valence-corrected chi connectivity index (χ1v) is 12.0. The summed E-state index contributed by atoms with van der Waals surface area (Å²) in [5, 5.41) is 5.25. The van der Waals surface area contributed by atoms with Crippen molar-refractivity contribution in [2.24, 2.45) is 0 Å². The number of esters is 1. The Morgan fingerprint density at radius 1 is 1.00 bits per heavy atom. The minimum absolute atomic E-state index is 0.112. The SMILES string of the molecule is CC(=O)Nc1ccc(NC(=O)[C@H](C)OC(=O)[C@@H]2CCCN2S(=O)(=O)c2ccc(C)cc2)cc1. The Bertz CT molecular complexity index is 1130. The second kappa shape index (κ2) is 10.1. The number of aryl methyl sites for hydroxylation is 1. The Kier molecular flexibility index (Phi) is 7.50. The van der Waals surface area contributed by atoms with E-state index < -0.39 is 34.0 Å². The third kappa shape index (κ3) is 5.96. The molecule has 1 heterocycles. The van der Waals surface area contributed by atoms with Crippen LogP contribution in [0.15, 0.2) is 53.4 Å². The molecule has 0 aliphatic carbocycles. The Balaban J connectivity index is 1.62. The molecule has 2 aromatic rings. The smallest absolute Gasteiger partial charge is 0.325 e. The van der Waals surface area contributed by atoms with Crippen LogP contribution in [-0.4, -0.2) is 49.2 Å². The molecule has 1 fully saturated rings. The van der Waals surface area contributed by atoms with Gasteiger partial charge in [0.25, 0.3) is 5.91 Å². The number of carbonyl (C=O) groups excluding carboxylic acids is 3. The van der Waals surface area contributed by atoms with Gasteiger partial charge in [0.15, 0.2) is 6.10 Å². The van der Waals surface area contributed by atoms with Crippen LogP contribution >= 0.6 is 0 Å². The van der Waals surface area contributed by atoms with Crippen molar-refractivity contribution in [2.45, 2.75) is 50.7 Å². The summed E-state index contributed by atoms with van der Waals surface area (Å²) >= 11 is 0. The van der Waals surface area contributed by atoms with Gasteiger partial charge in [0.05, 0.1) is 4.90 Å². The molecule has 2 atom stereocenters. The van der Waals surface area contributed by atoms with Gasteiger partial charge in [0, 0.05) is 24.8 Å². The molecule has 2 aromatic carbocycles. The molecular weight excluding hydrogens is 446 g/mol. The lowest BCUT2D eigenvalue weighted by molar-refractivity contribution is -0.156. The zero-order chi connectivity index (χ0) is 24.2. The number of benzene rings is 2. The summed E-state index contributed by atoms with van der Waals surface area (Å²) in [5.41, 5.74) is 1.97. The minimum atomic E-state index is -3.87. The summed E-state index contributed by atoms with van der Waals surface area (Å²) < 4.78 is 32.5. The van der Waals surface area contributed by atoms with Crippen LogP contribution in [0.5, 0.6) is 0 Å². The van der Waals surface area contributed by atoms with E-state index in [1.165, 1.54) is 26.0 Å². The predicted octanol–water partition coefficient (Wildman–Crippen LogP) is 2.68. The van der Waals surface area contributed by atoms with Gasteiger partial charge in [-0.15, -0.1) is 0 Å². The number of amides is 2. The van der Waals surface area contributed by atoms with Crippen molar-refractivity contribution in [3.8, 4) is 0 Å².